The van der Waals surface area contributed by atoms with Crippen LogP contribution in [0.3, 0.4) is 0 Å². The highest BCUT2D eigenvalue weighted by Crippen LogP contribution is 2.27. The number of hydrogen-bond donors (Lipinski definition) is 2. The van der Waals surface area contributed by atoms with Crippen LogP contribution in [0.1, 0.15) is 18.1 Å². The Labute approximate surface area is 193 Å². The zero-order chi connectivity index (χ0) is 21.1. The Morgan fingerprint density at radius 2 is 1.77 bits per heavy atom. The largest absolute Gasteiger partial charge is 0.493 e. The fraction of sp³-hybridized carbons (Fsp3) is 0.381. The molecular formula is C21H28F2IN3O3. The van der Waals surface area contributed by atoms with Crippen LogP contribution in [0.4, 0.5) is 8.78 Å². The molecule has 0 atom stereocenters. The minimum absolute atomic E-state index is 0. The van der Waals surface area contributed by atoms with Crippen molar-refractivity contribution in [2.24, 2.45) is 4.99 Å². The SMILES string of the molecule is CCNC(=NCc1cccc(OCC(F)F)c1)NCc1ccc(OC)c(OC)c1.I. The molecule has 0 saturated heterocycles. The van der Waals surface area contributed by atoms with E-state index in [1.54, 1.807) is 32.4 Å². The number of hydrogen-bond acceptors (Lipinski definition) is 4. The third kappa shape index (κ3) is 8.60. The molecule has 2 rings (SSSR count). The van der Waals surface area contributed by atoms with Crippen LogP contribution in [0.25, 0.3) is 0 Å². The highest BCUT2D eigenvalue weighted by Gasteiger charge is 2.06. The maximum Gasteiger partial charge on any atom is 0.272 e. The van der Waals surface area contributed by atoms with Crippen LogP contribution < -0.4 is 24.8 Å². The van der Waals surface area contributed by atoms with E-state index in [1.165, 1.54) is 0 Å². The van der Waals surface area contributed by atoms with Crippen molar-refractivity contribution < 1.29 is 23.0 Å². The highest BCUT2D eigenvalue weighted by atomic mass is 127. The molecule has 0 heterocycles. The molecule has 0 aromatic heterocycles. The van der Waals surface area contributed by atoms with E-state index in [-0.39, 0.29) is 24.0 Å². The molecule has 0 radical (unpaired) electrons. The van der Waals surface area contributed by atoms with Gasteiger partial charge in [0.1, 0.15) is 12.4 Å². The lowest BCUT2D eigenvalue weighted by Gasteiger charge is -2.13. The maximum absolute atomic E-state index is 12.3. The number of nitrogens with one attached hydrogen (secondary N) is 2. The van der Waals surface area contributed by atoms with Crippen molar-refractivity contribution in [3.8, 4) is 17.2 Å². The predicted octanol–water partition coefficient (Wildman–Crippen LogP) is 4.22. The fourth-order valence-electron chi connectivity index (χ4n) is 2.58. The number of guanidine groups is 1. The number of methoxy groups -OCH3 is 2. The molecule has 30 heavy (non-hydrogen) atoms. The van der Waals surface area contributed by atoms with Gasteiger partial charge in [0.15, 0.2) is 17.5 Å². The standard InChI is InChI=1S/C21H27F2N3O3.HI/c1-4-24-21(26-13-16-8-9-18(27-2)19(11-16)28-3)25-12-15-6-5-7-17(10-15)29-14-20(22)23;/h5-11,20H,4,12-14H2,1-3H3,(H2,24,25,26);1H. The van der Waals surface area contributed by atoms with Gasteiger partial charge < -0.3 is 24.8 Å². The number of halogens is 3. The molecule has 6 nitrogen and oxygen atoms in total. The summed E-state index contributed by atoms with van der Waals surface area (Å²) in [6.45, 7) is 2.99. The van der Waals surface area contributed by atoms with Crippen molar-refractivity contribution in [2.75, 3.05) is 27.4 Å². The summed E-state index contributed by atoms with van der Waals surface area (Å²) in [7, 11) is 3.19. The van der Waals surface area contributed by atoms with Crippen LogP contribution in [0.15, 0.2) is 47.5 Å². The summed E-state index contributed by atoms with van der Waals surface area (Å²) in [5, 5.41) is 6.44. The fourth-order valence-corrected chi connectivity index (χ4v) is 2.58. The van der Waals surface area contributed by atoms with Gasteiger partial charge in [-0.3, -0.25) is 0 Å². The van der Waals surface area contributed by atoms with E-state index in [9.17, 15) is 8.78 Å². The molecule has 0 unspecified atom stereocenters. The summed E-state index contributed by atoms with van der Waals surface area (Å²) in [6, 6.07) is 12.7. The number of aliphatic imine (C=N–C) groups is 1. The Morgan fingerprint density at radius 1 is 1.00 bits per heavy atom. The smallest absolute Gasteiger partial charge is 0.272 e. The number of ether oxygens (including phenoxy) is 3. The Balaban J connectivity index is 0.00000450. The Bertz CT molecular complexity index is 807. The van der Waals surface area contributed by atoms with Crippen molar-refractivity contribution in [1.29, 1.82) is 0 Å². The molecule has 2 aromatic rings. The van der Waals surface area contributed by atoms with Gasteiger partial charge in [-0.15, -0.1) is 24.0 Å². The molecule has 2 aromatic carbocycles. The molecule has 0 spiro atoms. The molecule has 0 saturated carbocycles. The number of alkyl halides is 2. The van der Waals surface area contributed by atoms with Crippen molar-refractivity contribution in [3.63, 3.8) is 0 Å². The predicted molar refractivity (Wildman–Crippen MR) is 125 cm³/mol. The normalized spacial score (nSPS) is 10.9. The second kappa shape index (κ2) is 13.8. The van der Waals surface area contributed by atoms with Gasteiger partial charge in [0, 0.05) is 13.1 Å². The van der Waals surface area contributed by atoms with E-state index in [0.717, 1.165) is 11.1 Å². The lowest BCUT2D eigenvalue weighted by molar-refractivity contribution is 0.0818. The average molecular weight is 535 g/mol. The quantitative estimate of drug-likeness (QED) is 0.271. The summed E-state index contributed by atoms with van der Waals surface area (Å²) in [5.74, 6) is 2.38. The molecule has 166 valence electrons. The highest BCUT2D eigenvalue weighted by molar-refractivity contribution is 14.0. The molecule has 0 aliphatic heterocycles. The van der Waals surface area contributed by atoms with Gasteiger partial charge in [-0.25, -0.2) is 13.8 Å². The first-order valence-corrected chi connectivity index (χ1v) is 9.28. The summed E-state index contributed by atoms with van der Waals surface area (Å²) >= 11 is 0. The second-order valence-electron chi connectivity index (χ2n) is 6.09. The summed E-state index contributed by atoms with van der Waals surface area (Å²) in [4.78, 5) is 4.55. The Hall–Kier alpha value is -2.30. The summed E-state index contributed by atoms with van der Waals surface area (Å²) in [5.41, 5.74) is 1.87. The van der Waals surface area contributed by atoms with Crippen molar-refractivity contribution >= 4 is 29.9 Å². The zero-order valence-corrected chi connectivity index (χ0v) is 19.6. The molecule has 0 amide bonds. The van der Waals surface area contributed by atoms with Crippen molar-refractivity contribution in [2.45, 2.75) is 26.4 Å². The molecule has 2 N–H and O–H groups in total. The maximum atomic E-state index is 12.3. The van der Waals surface area contributed by atoms with Crippen LogP contribution in [0, 0.1) is 0 Å². The Morgan fingerprint density at radius 3 is 2.43 bits per heavy atom. The topological polar surface area (TPSA) is 64.1 Å². The lowest BCUT2D eigenvalue weighted by atomic mass is 10.2. The van der Waals surface area contributed by atoms with Crippen molar-refractivity contribution in [1.82, 2.24) is 10.6 Å². The third-order valence-electron chi connectivity index (χ3n) is 3.95. The van der Waals surface area contributed by atoms with E-state index in [0.29, 0.717) is 42.8 Å². The van der Waals surface area contributed by atoms with Gasteiger partial charge in [0.25, 0.3) is 6.43 Å². The van der Waals surface area contributed by atoms with E-state index >= 15 is 0 Å². The van der Waals surface area contributed by atoms with Gasteiger partial charge in [-0.2, -0.15) is 0 Å². The first-order valence-electron chi connectivity index (χ1n) is 9.28. The van der Waals surface area contributed by atoms with Gasteiger partial charge in [0.05, 0.1) is 20.8 Å². The van der Waals surface area contributed by atoms with E-state index < -0.39 is 13.0 Å². The second-order valence-corrected chi connectivity index (χ2v) is 6.09. The number of rotatable bonds is 10. The van der Waals surface area contributed by atoms with Crippen LogP contribution >= 0.6 is 24.0 Å². The molecule has 0 fully saturated rings. The molecular weight excluding hydrogens is 507 g/mol. The minimum Gasteiger partial charge on any atom is -0.493 e. The molecule has 9 heteroatoms. The first-order chi connectivity index (χ1) is 14.0. The molecule has 0 bridgehead atoms. The zero-order valence-electron chi connectivity index (χ0n) is 17.3. The van der Waals surface area contributed by atoms with Crippen LogP contribution in [-0.4, -0.2) is 39.8 Å². The van der Waals surface area contributed by atoms with Crippen LogP contribution in [0.5, 0.6) is 17.2 Å². The number of benzene rings is 2. The monoisotopic (exact) mass is 535 g/mol. The van der Waals surface area contributed by atoms with E-state index in [4.69, 9.17) is 14.2 Å². The van der Waals surface area contributed by atoms with Gasteiger partial charge in [0.2, 0.25) is 0 Å². The van der Waals surface area contributed by atoms with Gasteiger partial charge >= 0.3 is 0 Å². The first kappa shape index (κ1) is 25.7. The van der Waals surface area contributed by atoms with Crippen LogP contribution in [0.2, 0.25) is 0 Å². The van der Waals surface area contributed by atoms with Crippen LogP contribution in [-0.2, 0) is 13.1 Å². The van der Waals surface area contributed by atoms with E-state index in [1.807, 2.05) is 31.2 Å². The third-order valence-corrected chi connectivity index (χ3v) is 3.95. The number of nitrogens with zero attached hydrogens (tertiary/aromatic N) is 1. The minimum atomic E-state index is -2.50. The van der Waals surface area contributed by atoms with Gasteiger partial charge in [-0.1, -0.05) is 18.2 Å². The van der Waals surface area contributed by atoms with Crippen molar-refractivity contribution in [3.05, 3.63) is 53.6 Å². The van der Waals surface area contributed by atoms with E-state index in [2.05, 4.69) is 15.6 Å². The Kier molecular flexibility index (Phi) is 11.9. The molecule has 0 aliphatic carbocycles. The summed E-state index contributed by atoms with van der Waals surface area (Å²) in [6.07, 6.45) is -2.50. The average Bonchev–Trinajstić information content (AvgIpc) is 2.74. The lowest BCUT2D eigenvalue weighted by Crippen LogP contribution is -2.36. The van der Waals surface area contributed by atoms with Gasteiger partial charge in [-0.05, 0) is 42.3 Å². The summed E-state index contributed by atoms with van der Waals surface area (Å²) < 4.78 is 40.2. The molecule has 0 aliphatic rings.